The molecule has 1 aliphatic heterocycles. The summed E-state index contributed by atoms with van der Waals surface area (Å²) < 4.78 is 5.15. The van der Waals surface area contributed by atoms with Gasteiger partial charge in [-0.3, -0.25) is 9.59 Å². The Morgan fingerprint density at radius 3 is 2.28 bits per heavy atom. The van der Waals surface area contributed by atoms with Crippen LogP contribution in [0, 0.1) is 6.92 Å². The van der Waals surface area contributed by atoms with Crippen molar-refractivity contribution in [2.45, 2.75) is 13.3 Å². The first-order valence-electron chi connectivity index (χ1n) is 9.84. The zero-order valence-corrected chi connectivity index (χ0v) is 16.8. The number of H-pyrrole nitrogens is 1. The topological polar surface area (TPSA) is 65.6 Å². The molecule has 2 amide bonds. The zero-order chi connectivity index (χ0) is 20.4. The first kappa shape index (κ1) is 19.1. The first-order valence-corrected chi connectivity index (χ1v) is 9.84. The van der Waals surface area contributed by atoms with E-state index in [-0.39, 0.29) is 11.8 Å². The Hall–Kier alpha value is -3.28. The minimum absolute atomic E-state index is 0.000883. The van der Waals surface area contributed by atoms with Gasteiger partial charge in [-0.25, -0.2) is 0 Å². The van der Waals surface area contributed by atoms with Crippen LogP contribution in [-0.4, -0.2) is 59.9 Å². The lowest BCUT2D eigenvalue weighted by Gasteiger charge is -2.34. The molecule has 0 atom stereocenters. The fourth-order valence-electron chi connectivity index (χ4n) is 3.84. The second-order valence-electron chi connectivity index (χ2n) is 7.37. The molecule has 6 nitrogen and oxygen atoms in total. The Morgan fingerprint density at radius 2 is 1.62 bits per heavy atom. The number of fused-ring (bicyclic) bond motifs is 1. The molecule has 4 rings (SSSR count). The molecule has 1 N–H and O–H groups in total. The summed E-state index contributed by atoms with van der Waals surface area (Å²) in [6.07, 6.45) is 0.360. The molecular formula is C23H25N3O3. The van der Waals surface area contributed by atoms with E-state index in [1.54, 1.807) is 7.11 Å². The van der Waals surface area contributed by atoms with Crippen molar-refractivity contribution < 1.29 is 14.3 Å². The maximum absolute atomic E-state index is 13.0. The minimum Gasteiger partial charge on any atom is -0.497 e. The van der Waals surface area contributed by atoms with E-state index in [1.807, 2.05) is 65.3 Å². The van der Waals surface area contributed by atoms with Crippen molar-refractivity contribution in [1.82, 2.24) is 14.8 Å². The molecule has 1 fully saturated rings. The van der Waals surface area contributed by atoms with Crippen LogP contribution in [0.1, 0.15) is 21.6 Å². The molecule has 1 aromatic heterocycles. The van der Waals surface area contributed by atoms with Crippen LogP contribution in [0.25, 0.3) is 10.9 Å². The molecular weight excluding hydrogens is 366 g/mol. The van der Waals surface area contributed by atoms with Gasteiger partial charge >= 0.3 is 0 Å². The van der Waals surface area contributed by atoms with Crippen LogP contribution < -0.4 is 4.74 Å². The average Bonchev–Trinajstić information content (AvgIpc) is 3.10. The number of aromatic nitrogens is 1. The highest BCUT2D eigenvalue weighted by atomic mass is 16.5. The monoisotopic (exact) mass is 391 g/mol. The Labute approximate surface area is 170 Å². The van der Waals surface area contributed by atoms with Crippen molar-refractivity contribution in [1.29, 1.82) is 0 Å². The fourth-order valence-corrected chi connectivity index (χ4v) is 3.84. The van der Waals surface area contributed by atoms with Gasteiger partial charge < -0.3 is 19.5 Å². The van der Waals surface area contributed by atoms with E-state index in [0.29, 0.717) is 38.3 Å². The number of nitrogens with one attached hydrogen (secondary N) is 1. The maximum atomic E-state index is 13.0. The van der Waals surface area contributed by atoms with E-state index < -0.39 is 0 Å². The normalized spacial score (nSPS) is 14.3. The van der Waals surface area contributed by atoms with Crippen LogP contribution in [0.15, 0.2) is 48.5 Å². The number of methoxy groups -OCH3 is 1. The number of carbonyl (C=O) groups is 2. The number of amides is 2. The van der Waals surface area contributed by atoms with Gasteiger partial charge in [0.25, 0.3) is 5.91 Å². The Bertz CT molecular complexity index is 1030. The number of nitrogens with zero attached hydrogens (tertiary/aromatic N) is 2. The number of para-hydroxylation sites is 1. The maximum Gasteiger partial charge on any atom is 0.270 e. The summed E-state index contributed by atoms with van der Waals surface area (Å²) in [5.74, 6) is 0.866. The lowest BCUT2D eigenvalue weighted by atomic mass is 10.1. The van der Waals surface area contributed by atoms with Crippen LogP contribution in [0.2, 0.25) is 0 Å². The molecule has 3 aromatic rings. The molecule has 2 heterocycles. The molecule has 0 radical (unpaired) electrons. The average molecular weight is 391 g/mol. The number of hydrogen-bond donors (Lipinski definition) is 1. The van der Waals surface area contributed by atoms with Crippen molar-refractivity contribution in [3.8, 4) is 5.75 Å². The molecule has 2 aromatic carbocycles. The second-order valence-corrected chi connectivity index (χ2v) is 7.37. The molecule has 1 aliphatic rings. The van der Waals surface area contributed by atoms with E-state index >= 15 is 0 Å². The van der Waals surface area contributed by atoms with Gasteiger partial charge in [0, 0.05) is 37.1 Å². The zero-order valence-electron chi connectivity index (χ0n) is 16.8. The Morgan fingerprint density at radius 1 is 0.966 bits per heavy atom. The molecule has 0 saturated carbocycles. The molecule has 0 unspecified atom stereocenters. The van der Waals surface area contributed by atoms with Crippen molar-refractivity contribution in [3.63, 3.8) is 0 Å². The second kappa shape index (κ2) is 7.99. The highest BCUT2D eigenvalue weighted by Gasteiger charge is 2.27. The lowest BCUT2D eigenvalue weighted by molar-refractivity contribution is -0.131. The smallest absolute Gasteiger partial charge is 0.270 e. The van der Waals surface area contributed by atoms with Crippen molar-refractivity contribution in [2.24, 2.45) is 0 Å². The first-order chi connectivity index (χ1) is 14.1. The van der Waals surface area contributed by atoms with E-state index in [9.17, 15) is 9.59 Å². The van der Waals surface area contributed by atoms with E-state index in [2.05, 4.69) is 4.98 Å². The number of hydrogen-bond acceptors (Lipinski definition) is 3. The standard InChI is InChI=1S/C23H25N3O3/c1-16-19-5-3-4-6-20(19)24-22(16)23(28)26-13-11-25(12-14-26)21(27)15-17-7-9-18(29-2)10-8-17/h3-10,24H,11-15H2,1-2H3. The predicted octanol–water partition coefficient (Wildman–Crippen LogP) is 3.01. The van der Waals surface area contributed by atoms with Gasteiger partial charge in [0.15, 0.2) is 0 Å². The molecule has 0 spiro atoms. The predicted molar refractivity (Wildman–Crippen MR) is 112 cm³/mol. The summed E-state index contributed by atoms with van der Waals surface area (Å²) >= 11 is 0. The third-order valence-corrected chi connectivity index (χ3v) is 5.61. The van der Waals surface area contributed by atoms with Gasteiger partial charge in [-0.2, -0.15) is 0 Å². The largest absolute Gasteiger partial charge is 0.497 e. The summed E-state index contributed by atoms with van der Waals surface area (Å²) in [7, 11) is 1.62. The van der Waals surface area contributed by atoms with Gasteiger partial charge in [0.05, 0.1) is 13.5 Å². The SMILES string of the molecule is COc1ccc(CC(=O)N2CCN(C(=O)c3[nH]c4ccccc4c3C)CC2)cc1. The summed E-state index contributed by atoms with van der Waals surface area (Å²) in [4.78, 5) is 32.5. The molecule has 0 bridgehead atoms. The molecule has 150 valence electrons. The van der Waals surface area contributed by atoms with Crippen molar-refractivity contribution >= 4 is 22.7 Å². The van der Waals surface area contributed by atoms with Gasteiger partial charge in [-0.1, -0.05) is 30.3 Å². The van der Waals surface area contributed by atoms with Gasteiger partial charge in [-0.15, -0.1) is 0 Å². The van der Waals surface area contributed by atoms with Crippen molar-refractivity contribution in [3.05, 3.63) is 65.4 Å². The van der Waals surface area contributed by atoms with E-state index in [1.165, 1.54) is 0 Å². The van der Waals surface area contributed by atoms with E-state index in [4.69, 9.17) is 4.74 Å². The minimum atomic E-state index is 0.000883. The molecule has 29 heavy (non-hydrogen) atoms. The van der Waals surface area contributed by atoms with Crippen LogP contribution in [0.3, 0.4) is 0 Å². The van der Waals surface area contributed by atoms with Crippen LogP contribution in [0.4, 0.5) is 0 Å². The lowest BCUT2D eigenvalue weighted by Crippen LogP contribution is -2.51. The Kier molecular flexibility index (Phi) is 5.25. The van der Waals surface area contributed by atoms with Crippen LogP contribution in [0.5, 0.6) is 5.75 Å². The number of aromatic amines is 1. The molecule has 0 aliphatic carbocycles. The summed E-state index contributed by atoms with van der Waals surface area (Å²) in [5, 5.41) is 1.07. The number of ether oxygens (including phenoxy) is 1. The van der Waals surface area contributed by atoms with E-state index in [0.717, 1.165) is 27.8 Å². The Balaban J connectivity index is 1.37. The third-order valence-electron chi connectivity index (χ3n) is 5.61. The number of carbonyl (C=O) groups excluding carboxylic acids is 2. The number of benzene rings is 2. The van der Waals surface area contributed by atoms with Crippen molar-refractivity contribution in [2.75, 3.05) is 33.3 Å². The highest BCUT2D eigenvalue weighted by Crippen LogP contribution is 2.23. The number of aryl methyl sites for hydroxylation is 1. The van der Waals surface area contributed by atoms with Gasteiger partial charge in [0.1, 0.15) is 11.4 Å². The fraction of sp³-hybridized carbons (Fsp3) is 0.304. The number of piperazine rings is 1. The molecule has 1 saturated heterocycles. The summed E-state index contributed by atoms with van der Waals surface area (Å²) in [5.41, 5.74) is 3.55. The third kappa shape index (κ3) is 3.83. The summed E-state index contributed by atoms with van der Waals surface area (Å²) in [6.45, 7) is 4.17. The van der Waals surface area contributed by atoms with Crippen LogP contribution in [-0.2, 0) is 11.2 Å². The van der Waals surface area contributed by atoms with Crippen LogP contribution >= 0.6 is 0 Å². The van der Waals surface area contributed by atoms with Gasteiger partial charge in [0.2, 0.25) is 5.91 Å². The summed E-state index contributed by atoms with van der Waals surface area (Å²) in [6, 6.07) is 15.5. The molecule has 6 heteroatoms. The number of rotatable bonds is 4. The van der Waals surface area contributed by atoms with Gasteiger partial charge in [-0.05, 0) is 36.2 Å². The quantitative estimate of drug-likeness (QED) is 0.744. The highest BCUT2D eigenvalue weighted by molar-refractivity contribution is 6.01.